The molecule has 1 aromatic carbocycles. The Bertz CT molecular complexity index is 520. The fourth-order valence-electron chi connectivity index (χ4n) is 1.67. The van der Waals surface area contributed by atoms with Crippen molar-refractivity contribution in [2.75, 3.05) is 19.0 Å². The number of carbonyl (C=O) groups excluding carboxylic acids is 3. The molecule has 1 fully saturated rings. The number of esters is 1. The minimum absolute atomic E-state index is 0.0475. The van der Waals surface area contributed by atoms with Gasteiger partial charge in [-0.1, -0.05) is 0 Å². The number of hydrogen-bond donors (Lipinski definition) is 2. The van der Waals surface area contributed by atoms with Crippen molar-refractivity contribution < 1.29 is 19.1 Å². The first-order valence-electron chi connectivity index (χ1n) is 6.36. The SMILES string of the molecule is COC(=O)c1ccc(NC(=O)CNC(=O)C2CC2)cc1. The number of methoxy groups -OCH3 is 1. The van der Waals surface area contributed by atoms with Gasteiger partial charge in [-0.2, -0.15) is 0 Å². The summed E-state index contributed by atoms with van der Waals surface area (Å²) in [5.41, 5.74) is 0.968. The zero-order valence-corrected chi connectivity index (χ0v) is 11.1. The summed E-state index contributed by atoms with van der Waals surface area (Å²) >= 11 is 0. The Kier molecular flexibility index (Phi) is 4.34. The molecule has 1 saturated carbocycles. The molecule has 0 bridgehead atoms. The molecular weight excluding hydrogens is 260 g/mol. The van der Waals surface area contributed by atoms with E-state index in [9.17, 15) is 14.4 Å². The van der Waals surface area contributed by atoms with Crippen molar-refractivity contribution in [3.8, 4) is 0 Å². The minimum atomic E-state index is -0.431. The van der Waals surface area contributed by atoms with Crippen molar-refractivity contribution in [3.63, 3.8) is 0 Å². The van der Waals surface area contributed by atoms with Crippen LogP contribution in [0.4, 0.5) is 5.69 Å². The van der Waals surface area contributed by atoms with Gasteiger partial charge in [0.2, 0.25) is 11.8 Å². The van der Waals surface area contributed by atoms with Gasteiger partial charge in [0, 0.05) is 11.6 Å². The van der Waals surface area contributed by atoms with Crippen LogP contribution in [0.3, 0.4) is 0 Å². The molecule has 0 unspecified atom stereocenters. The van der Waals surface area contributed by atoms with Gasteiger partial charge in [0.15, 0.2) is 0 Å². The van der Waals surface area contributed by atoms with Crippen molar-refractivity contribution >= 4 is 23.5 Å². The van der Waals surface area contributed by atoms with Crippen molar-refractivity contribution in [2.24, 2.45) is 5.92 Å². The molecule has 1 aliphatic carbocycles. The molecule has 2 rings (SSSR count). The lowest BCUT2D eigenvalue weighted by atomic mass is 10.2. The zero-order valence-electron chi connectivity index (χ0n) is 11.1. The van der Waals surface area contributed by atoms with Gasteiger partial charge in [-0.3, -0.25) is 9.59 Å². The van der Waals surface area contributed by atoms with E-state index >= 15 is 0 Å². The number of hydrogen-bond acceptors (Lipinski definition) is 4. The maximum absolute atomic E-state index is 11.6. The summed E-state index contributed by atoms with van der Waals surface area (Å²) in [6.07, 6.45) is 1.81. The molecule has 0 aliphatic heterocycles. The van der Waals surface area contributed by atoms with Crippen LogP contribution < -0.4 is 10.6 Å². The molecule has 0 aromatic heterocycles. The fourth-order valence-corrected chi connectivity index (χ4v) is 1.67. The molecule has 106 valence electrons. The Balaban J connectivity index is 1.81. The Labute approximate surface area is 116 Å². The highest BCUT2D eigenvalue weighted by Gasteiger charge is 2.29. The molecule has 2 amide bonds. The van der Waals surface area contributed by atoms with E-state index in [1.165, 1.54) is 7.11 Å². The summed E-state index contributed by atoms with van der Waals surface area (Å²) in [4.78, 5) is 34.2. The molecule has 1 aliphatic rings. The van der Waals surface area contributed by atoms with Crippen LogP contribution in [-0.2, 0) is 14.3 Å². The lowest BCUT2D eigenvalue weighted by Gasteiger charge is -2.07. The van der Waals surface area contributed by atoms with Crippen LogP contribution in [0.25, 0.3) is 0 Å². The Hall–Kier alpha value is -2.37. The maximum atomic E-state index is 11.6. The van der Waals surface area contributed by atoms with Crippen molar-refractivity contribution in [1.29, 1.82) is 0 Å². The third-order valence-electron chi connectivity index (χ3n) is 2.96. The molecule has 0 spiro atoms. The highest BCUT2D eigenvalue weighted by atomic mass is 16.5. The summed E-state index contributed by atoms with van der Waals surface area (Å²) in [6.45, 7) is -0.0475. The summed E-state index contributed by atoms with van der Waals surface area (Å²) in [5, 5.41) is 5.21. The van der Waals surface area contributed by atoms with Crippen LogP contribution in [0.1, 0.15) is 23.2 Å². The summed E-state index contributed by atoms with van der Waals surface area (Å²) in [5.74, 6) is -0.715. The Morgan fingerprint density at radius 3 is 2.40 bits per heavy atom. The summed E-state index contributed by atoms with van der Waals surface area (Å²) in [6, 6.07) is 6.33. The van der Waals surface area contributed by atoms with Crippen LogP contribution in [-0.4, -0.2) is 31.4 Å². The Morgan fingerprint density at radius 2 is 1.85 bits per heavy atom. The number of benzene rings is 1. The minimum Gasteiger partial charge on any atom is -0.465 e. The number of ether oxygens (including phenoxy) is 1. The van der Waals surface area contributed by atoms with Gasteiger partial charge in [-0.15, -0.1) is 0 Å². The van der Waals surface area contributed by atoms with Crippen LogP contribution in [0, 0.1) is 5.92 Å². The van der Waals surface area contributed by atoms with E-state index in [1.807, 2.05) is 0 Å². The number of anilines is 1. The topological polar surface area (TPSA) is 84.5 Å². The van der Waals surface area contributed by atoms with Crippen molar-refractivity contribution in [2.45, 2.75) is 12.8 Å². The first kappa shape index (κ1) is 14.0. The summed E-state index contributed by atoms with van der Waals surface area (Å²) in [7, 11) is 1.31. The monoisotopic (exact) mass is 276 g/mol. The van der Waals surface area contributed by atoms with Crippen molar-refractivity contribution in [3.05, 3.63) is 29.8 Å². The second-order valence-electron chi connectivity index (χ2n) is 4.61. The van der Waals surface area contributed by atoms with E-state index in [1.54, 1.807) is 24.3 Å². The standard InChI is InChI=1S/C14H16N2O4/c1-20-14(19)10-4-6-11(7-5-10)16-12(17)8-15-13(18)9-2-3-9/h4-7,9H,2-3,8H2,1H3,(H,15,18)(H,16,17). The third-order valence-corrected chi connectivity index (χ3v) is 2.96. The van der Waals surface area contributed by atoms with Gasteiger partial charge in [0.1, 0.15) is 0 Å². The van der Waals surface area contributed by atoms with Gasteiger partial charge >= 0.3 is 5.97 Å². The van der Waals surface area contributed by atoms with Gasteiger partial charge in [0.05, 0.1) is 19.2 Å². The second kappa shape index (κ2) is 6.18. The molecule has 1 aromatic rings. The number of nitrogens with one attached hydrogen (secondary N) is 2. The molecule has 0 heterocycles. The number of rotatable bonds is 5. The number of carbonyl (C=O) groups is 3. The molecule has 6 nitrogen and oxygen atoms in total. The van der Waals surface area contributed by atoms with Crippen molar-refractivity contribution in [1.82, 2.24) is 5.32 Å². The molecule has 6 heteroatoms. The molecule has 2 N–H and O–H groups in total. The average Bonchev–Trinajstić information content (AvgIpc) is 3.29. The largest absolute Gasteiger partial charge is 0.465 e. The first-order chi connectivity index (χ1) is 9.60. The Morgan fingerprint density at radius 1 is 1.20 bits per heavy atom. The normalized spacial score (nSPS) is 13.4. The second-order valence-corrected chi connectivity index (χ2v) is 4.61. The highest BCUT2D eigenvalue weighted by molar-refractivity contribution is 5.96. The third kappa shape index (κ3) is 3.81. The molecule has 0 atom stereocenters. The van der Waals surface area contributed by atoms with Gasteiger partial charge in [-0.25, -0.2) is 4.79 Å². The number of amides is 2. The van der Waals surface area contributed by atoms with E-state index in [-0.39, 0.29) is 24.3 Å². The summed E-state index contributed by atoms with van der Waals surface area (Å²) < 4.78 is 4.58. The first-order valence-corrected chi connectivity index (χ1v) is 6.36. The molecule has 20 heavy (non-hydrogen) atoms. The van der Waals surface area contributed by atoms with Crippen LogP contribution >= 0.6 is 0 Å². The fraction of sp³-hybridized carbons (Fsp3) is 0.357. The van der Waals surface area contributed by atoms with E-state index in [0.29, 0.717) is 11.3 Å². The predicted molar refractivity (Wildman–Crippen MR) is 72.1 cm³/mol. The molecule has 0 saturated heterocycles. The van der Waals surface area contributed by atoms with E-state index < -0.39 is 5.97 Å². The zero-order chi connectivity index (χ0) is 14.5. The van der Waals surface area contributed by atoms with Crippen LogP contribution in [0.15, 0.2) is 24.3 Å². The lowest BCUT2D eigenvalue weighted by molar-refractivity contribution is -0.125. The van der Waals surface area contributed by atoms with Crippen LogP contribution in [0.2, 0.25) is 0 Å². The average molecular weight is 276 g/mol. The molecule has 0 radical (unpaired) electrons. The molecular formula is C14H16N2O4. The quantitative estimate of drug-likeness (QED) is 0.784. The van der Waals surface area contributed by atoms with Gasteiger partial charge in [0.25, 0.3) is 0 Å². The maximum Gasteiger partial charge on any atom is 0.337 e. The highest BCUT2D eigenvalue weighted by Crippen LogP contribution is 2.28. The lowest BCUT2D eigenvalue weighted by Crippen LogP contribution is -2.33. The van der Waals surface area contributed by atoms with E-state index in [2.05, 4.69) is 15.4 Å². The van der Waals surface area contributed by atoms with Crippen LogP contribution in [0.5, 0.6) is 0 Å². The van der Waals surface area contributed by atoms with Gasteiger partial charge < -0.3 is 15.4 Å². The van der Waals surface area contributed by atoms with E-state index in [0.717, 1.165) is 12.8 Å². The smallest absolute Gasteiger partial charge is 0.337 e. The predicted octanol–water partition coefficient (Wildman–Crippen LogP) is 0.938. The van der Waals surface area contributed by atoms with E-state index in [4.69, 9.17) is 0 Å². The van der Waals surface area contributed by atoms with Gasteiger partial charge in [-0.05, 0) is 37.1 Å².